The van der Waals surface area contributed by atoms with Crippen molar-refractivity contribution in [2.45, 2.75) is 17.8 Å². The Kier molecular flexibility index (Phi) is 4.02. The molecule has 3 heterocycles. The first-order valence-electron chi connectivity index (χ1n) is 6.49. The summed E-state index contributed by atoms with van der Waals surface area (Å²) in [4.78, 5) is 4.20. The summed E-state index contributed by atoms with van der Waals surface area (Å²) in [7, 11) is 0. The highest BCUT2D eigenvalue weighted by molar-refractivity contribution is 7.99. The SMILES string of the molecule is FC(F)(F)c1ccc2nnc(SCCc3ccccn3)n2c1. The van der Waals surface area contributed by atoms with Gasteiger partial charge in [0.1, 0.15) is 0 Å². The fourth-order valence-corrected chi connectivity index (χ4v) is 2.81. The maximum absolute atomic E-state index is 12.8. The molecule has 0 radical (unpaired) electrons. The summed E-state index contributed by atoms with van der Waals surface area (Å²) in [6.45, 7) is 0. The van der Waals surface area contributed by atoms with Gasteiger partial charge in [-0.1, -0.05) is 17.8 Å². The predicted molar refractivity (Wildman–Crippen MR) is 76.7 cm³/mol. The number of aryl methyl sites for hydroxylation is 1. The Morgan fingerprint density at radius 3 is 2.68 bits per heavy atom. The van der Waals surface area contributed by atoms with Crippen molar-refractivity contribution >= 4 is 17.4 Å². The van der Waals surface area contributed by atoms with Crippen LogP contribution in [0.2, 0.25) is 0 Å². The van der Waals surface area contributed by atoms with Crippen LogP contribution in [0.5, 0.6) is 0 Å². The molecule has 0 saturated heterocycles. The van der Waals surface area contributed by atoms with Gasteiger partial charge in [-0.15, -0.1) is 10.2 Å². The minimum absolute atomic E-state index is 0.397. The van der Waals surface area contributed by atoms with Crippen molar-refractivity contribution in [1.29, 1.82) is 0 Å². The van der Waals surface area contributed by atoms with Crippen molar-refractivity contribution < 1.29 is 13.2 Å². The van der Waals surface area contributed by atoms with E-state index in [2.05, 4.69) is 15.2 Å². The molecule has 0 bridgehead atoms. The second-order valence-electron chi connectivity index (χ2n) is 4.55. The number of alkyl halides is 3. The minimum Gasteiger partial charge on any atom is -0.277 e. The molecule has 0 atom stereocenters. The Balaban J connectivity index is 1.76. The summed E-state index contributed by atoms with van der Waals surface area (Å²) in [6.07, 6.45) is -0.936. The lowest BCUT2D eigenvalue weighted by atomic mass is 10.3. The number of rotatable bonds is 4. The molecular formula is C14H11F3N4S. The Bertz CT molecular complexity index is 771. The van der Waals surface area contributed by atoms with Crippen LogP contribution in [0.15, 0.2) is 47.9 Å². The molecule has 0 unspecified atom stereocenters. The van der Waals surface area contributed by atoms with Gasteiger partial charge in [0.25, 0.3) is 0 Å². The van der Waals surface area contributed by atoms with Gasteiger partial charge in [-0.05, 0) is 30.7 Å². The van der Waals surface area contributed by atoms with Crippen LogP contribution in [0.4, 0.5) is 13.2 Å². The summed E-state index contributed by atoms with van der Waals surface area (Å²) < 4.78 is 39.6. The average Bonchev–Trinajstić information content (AvgIpc) is 2.90. The van der Waals surface area contributed by atoms with Gasteiger partial charge in [0.2, 0.25) is 0 Å². The maximum Gasteiger partial charge on any atom is 0.417 e. The van der Waals surface area contributed by atoms with E-state index in [9.17, 15) is 13.2 Å². The van der Waals surface area contributed by atoms with Gasteiger partial charge in [-0.3, -0.25) is 9.38 Å². The Labute approximate surface area is 128 Å². The normalized spacial score (nSPS) is 12.0. The molecule has 0 N–H and O–H groups in total. The maximum atomic E-state index is 12.8. The van der Waals surface area contributed by atoms with Crippen molar-refractivity contribution in [1.82, 2.24) is 19.6 Å². The highest BCUT2D eigenvalue weighted by Crippen LogP contribution is 2.30. The molecule has 3 rings (SSSR count). The van der Waals surface area contributed by atoms with Gasteiger partial charge in [0.05, 0.1) is 5.56 Å². The van der Waals surface area contributed by atoms with E-state index in [-0.39, 0.29) is 0 Å². The standard InChI is InChI=1S/C14H11F3N4S/c15-14(16,17)10-4-5-12-19-20-13(21(12)9-10)22-8-6-11-3-1-2-7-18-11/h1-5,7,9H,6,8H2. The lowest BCUT2D eigenvalue weighted by Gasteiger charge is -2.07. The molecule has 0 saturated carbocycles. The van der Waals surface area contributed by atoms with Gasteiger partial charge in [-0.2, -0.15) is 13.2 Å². The van der Waals surface area contributed by atoms with Crippen molar-refractivity contribution in [2.24, 2.45) is 0 Å². The van der Waals surface area contributed by atoms with Crippen LogP contribution < -0.4 is 0 Å². The molecule has 0 aliphatic rings. The van der Waals surface area contributed by atoms with E-state index in [1.165, 1.54) is 22.2 Å². The Morgan fingerprint density at radius 2 is 1.95 bits per heavy atom. The summed E-state index contributed by atoms with van der Waals surface area (Å²) in [6, 6.07) is 7.96. The number of aromatic nitrogens is 4. The first-order valence-corrected chi connectivity index (χ1v) is 7.47. The van der Waals surface area contributed by atoms with E-state index in [1.54, 1.807) is 6.20 Å². The minimum atomic E-state index is -4.38. The largest absolute Gasteiger partial charge is 0.417 e. The first kappa shape index (κ1) is 14.8. The second kappa shape index (κ2) is 5.96. The zero-order valence-corrected chi connectivity index (χ0v) is 12.1. The van der Waals surface area contributed by atoms with E-state index in [4.69, 9.17) is 0 Å². The molecule has 114 valence electrons. The molecular weight excluding hydrogens is 313 g/mol. The van der Waals surface area contributed by atoms with E-state index in [0.29, 0.717) is 23.0 Å². The third-order valence-electron chi connectivity index (χ3n) is 3.01. The summed E-state index contributed by atoms with van der Waals surface area (Å²) >= 11 is 1.35. The predicted octanol–water partition coefficient (Wildman–Crippen LogP) is 3.48. The molecule has 0 aromatic carbocycles. The third kappa shape index (κ3) is 3.22. The van der Waals surface area contributed by atoms with Crippen LogP contribution in [0.25, 0.3) is 5.65 Å². The summed E-state index contributed by atoms with van der Waals surface area (Å²) in [5, 5.41) is 8.26. The number of nitrogens with zero attached hydrogens (tertiary/aromatic N) is 4. The van der Waals surface area contributed by atoms with E-state index >= 15 is 0 Å². The molecule has 0 amide bonds. The van der Waals surface area contributed by atoms with Crippen LogP contribution in [0.1, 0.15) is 11.3 Å². The molecule has 0 fully saturated rings. The van der Waals surface area contributed by atoms with Gasteiger partial charge in [0, 0.05) is 23.8 Å². The van der Waals surface area contributed by atoms with Crippen LogP contribution in [0.3, 0.4) is 0 Å². The zero-order valence-electron chi connectivity index (χ0n) is 11.3. The lowest BCUT2D eigenvalue weighted by molar-refractivity contribution is -0.137. The number of hydrogen-bond donors (Lipinski definition) is 0. The fourth-order valence-electron chi connectivity index (χ4n) is 1.93. The highest BCUT2D eigenvalue weighted by Gasteiger charge is 2.31. The van der Waals surface area contributed by atoms with Gasteiger partial charge in [0.15, 0.2) is 10.8 Å². The monoisotopic (exact) mass is 324 g/mol. The smallest absolute Gasteiger partial charge is 0.277 e. The number of thioether (sulfide) groups is 1. The average molecular weight is 324 g/mol. The number of halogens is 3. The molecule has 8 heteroatoms. The highest BCUT2D eigenvalue weighted by atomic mass is 32.2. The van der Waals surface area contributed by atoms with E-state index in [1.807, 2.05) is 18.2 Å². The second-order valence-corrected chi connectivity index (χ2v) is 5.61. The molecule has 3 aromatic rings. The van der Waals surface area contributed by atoms with E-state index in [0.717, 1.165) is 18.0 Å². The fraction of sp³-hybridized carbons (Fsp3) is 0.214. The topological polar surface area (TPSA) is 43.1 Å². The molecule has 22 heavy (non-hydrogen) atoms. The van der Waals surface area contributed by atoms with Crippen LogP contribution in [-0.4, -0.2) is 25.3 Å². The van der Waals surface area contributed by atoms with Crippen LogP contribution in [-0.2, 0) is 12.6 Å². The molecule has 0 aliphatic heterocycles. The van der Waals surface area contributed by atoms with Crippen molar-refractivity contribution in [3.8, 4) is 0 Å². The number of hydrogen-bond acceptors (Lipinski definition) is 4. The number of pyridine rings is 2. The molecule has 4 nitrogen and oxygen atoms in total. The quantitative estimate of drug-likeness (QED) is 0.689. The molecule has 0 spiro atoms. The first-order chi connectivity index (χ1) is 10.5. The van der Waals surface area contributed by atoms with Crippen LogP contribution in [0, 0.1) is 0 Å². The molecule has 0 aliphatic carbocycles. The summed E-state index contributed by atoms with van der Waals surface area (Å²) in [5.41, 5.74) is 0.611. The summed E-state index contributed by atoms with van der Waals surface area (Å²) in [5.74, 6) is 0.661. The van der Waals surface area contributed by atoms with Crippen LogP contribution >= 0.6 is 11.8 Å². The zero-order chi connectivity index (χ0) is 15.6. The Morgan fingerprint density at radius 1 is 1.09 bits per heavy atom. The van der Waals surface area contributed by atoms with Gasteiger partial charge >= 0.3 is 6.18 Å². The number of fused-ring (bicyclic) bond motifs is 1. The van der Waals surface area contributed by atoms with Crippen molar-refractivity contribution in [3.63, 3.8) is 0 Å². The van der Waals surface area contributed by atoms with Gasteiger partial charge < -0.3 is 0 Å². The third-order valence-corrected chi connectivity index (χ3v) is 3.96. The Hall–Kier alpha value is -2.09. The van der Waals surface area contributed by atoms with Crippen molar-refractivity contribution in [2.75, 3.05) is 5.75 Å². The lowest BCUT2D eigenvalue weighted by Crippen LogP contribution is -2.06. The van der Waals surface area contributed by atoms with E-state index < -0.39 is 11.7 Å². The van der Waals surface area contributed by atoms with Crippen molar-refractivity contribution in [3.05, 3.63) is 54.0 Å². The molecule has 3 aromatic heterocycles. The van der Waals surface area contributed by atoms with Gasteiger partial charge in [-0.25, -0.2) is 0 Å².